The largest absolute Gasteiger partial charge is 0.461 e. The van der Waals surface area contributed by atoms with Gasteiger partial charge in [-0.05, 0) is 31.5 Å². The quantitative estimate of drug-likeness (QED) is 0.672. The van der Waals surface area contributed by atoms with Gasteiger partial charge in [0.05, 0.1) is 0 Å². The minimum atomic E-state index is -0.390. The molecule has 0 radical (unpaired) electrons. The Bertz CT molecular complexity index is 708. The van der Waals surface area contributed by atoms with Gasteiger partial charge in [0.25, 0.3) is 0 Å². The number of aromatic nitrogens is 3. The number of nitrogens with zero attached hydrogens (tertiary/aromatic N) is 3. The second-order valence-corrected chi connectivity index (χ2v) is 5.73. The number of carbonyl (C=O) groups excluding carboxylic acids is 1. The number of hydrogen-bond donors (Lipinski definition) is 1. The maximum Gasteiger partial charge on any atom is 0.332 e. The summed E-state index contributed by atoms with van der Waals surface area (Å²) in [5.41, 5.74) is 0.819. The number of halogens is 1. The van der Waals surface area contributed by atoms with Crippen LogP contribution in [0.3, 0.4) is 0 Å². The zero-order chi connectivity index (χ0) is 16.1. The molecule has 1 saturated heterocycles. The molecule has 0 amide bonds. The third-order valence-corrected chi connectivity index (χ3v) is 3.78. The summed E-state index contributed by atoms with van der Waals surface area (Å²) >= 11 is 5.95. The van der Waals surface area contributed by atoms with Crippen LogP contribution in [0.2, 0.25) is 5.02 Å². The number of hydrogen-bond acceptors (Lipinski definition) is 5. The fourth-order valence-electron chi connectivity index (χ4n) is 2.37. The summed E-state index contributed by atoms with van der Waals surface area (Å²) in [6.45, 7) is 1.39. The van der Waals surface area contributed by atoms with Crippen molar-refractivity contribution in [3.8, 4) is 11.4 Å². The number of esters is 1. The molecule has 1 fully saturated rings. The average Bonchev–Trinajstić information content (AvgIpc) is 3.22. The molecule has 1 N–H and O–H groups in total. The standard InChI is InChI=1S/C16H17ClN4O2/c17-13-4-1-3-12(9-13)16-19-11-21(20-16)8-6-15(22)23-10-14-5-2-7-18-14/h1,3-4,6,8-9,11,14,18H,2,5,7,10H2. The van der Waals surface area contributed by atoms with Gasteiger partial charge in [0.2, 0.25) is 0 Å². The lowest BCUT2D eigenvalue weighted by molar-refractivity contribution is -0.138. The van der Waals surface area contributed by atoms with Crippen LogP contribution >= 0.6 is 11.6 Å². The summed E-state index contributed by atoms with van der Waals surface area (Å²) in [4.78, 5) is 15.9. The van der Waals surface area contributed by atoms with Gasteiger partial charge in [0.1, 0.15) is 12.9 Å². The second-order valence-electron chi connectivity index (χ2n) is 5.30. The lowest BCUT2D eigenvalue weighted by Crippen LogP contribution is -2.27. The van der Waals surface area contributed by atoms with Crippen LogP contribution in [0.15, 0.2) is 36.7 Å². The molecule has 0 aliphatic carbocycles. The fraction of sp³-hybridized carbons (Fsp3) is 0.312. The molecule has 2 aromatic rings. The summed E-state index contributed by atoms with van der Waals surface area (Å²) < 4.78 is 6.65. The average molecular weight is 333 g/mol. The molecule has 0 spiro atoms. The van der Waals surface area contributed by atoms with E-state index in [1.807, 2.05) is 12.1 Å². The number of rotatable bonds is 5. The Morgan fingerprint density at radius 3 is 3.22 bits per heavy atom. The van der Waals surface area contributed by atoms with E-state index in [1.54, 1.807) is 12.1 Å². The number of carbonyl (C=O) groups is 1. The van der Waals surface area contributed by atoms with Gasteiger partial charge < -0.3 is 10.1 Å². The van der Waals surface area contributed by atoms with Gasteiger partial charge >= 0.3 is 5.97 Å². The fourth-order valence-corrected chi connectivity index (χ4v) is 2.56. The summed E-state index contributed by atoms with van der Waals surface area (Å²) in [5, 5.41) is 8.17. The van der Waals surface area contributed by atoms with Gasteiger partial charge in [-0.15, -0.1) is 5.10 Å². The van der Waals surface area contributed by atoms with Crippen LogP contribution in [0.25, 0.3) is 17.6 Å². The number of benzene rings is 1. The molecule has 1 aliphatic rings. The SMILES string of the molecule is O=C(C=Cn1cnc(-c2cccc(Cl)c2)n1)OCC1CCCN1. The van der Waals surface area contributed by atoms with Crippen molar-refractivity contribution >= 4 is 23.8 Å². The maximum atomic E-state index is 11.7. The molecule has 0 saturated carbocycles. The van der Waals surface area contributed by atoms with E-state index < -0.39 is 5.97 Å². The summed E-state index contributed by atoms with van der Waals surface area (Å²) in [7, 11) is 0. The lowest BCUT2D eigenvalue weighted by Gasteiger charge is -2.08. The molecule has 23 heavy (non-hydrogen) atoms. The monoisotopic (exact) mass is 332 g/mol. The maximum absolute atomic E-state index is 11.7. The molecule has 1 aromatic carbocycles. The highest BCUT2D eigenvalue weighted by Crippen LogP contribution is 2.18. The second kappa shape index (κ2) is 7.39. The lowest BCUT2D eigenvalue weighted by atomic mass is 10.2. The van der Waals surface area contributed by atoms with E-state index in [0.717, 1.165) is 24.9 Å². The summed E-state index contributed by atoms with van der Waals surface area (Å²) in [5.74, 6) is 0.152. The molecule has 1 unspecified atom stereocenters. The smallest absolute Gasteiger partial charge is 0.332 e. The van der Waals surface area contributed by atoms with E-state index in [1.165, 1.54) is 23.3 Å². The van der Waals surface area contributed by atoms with Crippen molar-refractivity contribution in [3.63, 3.8) is 0 Å². The highest BCUT2D eigenvalue weighted by molar-refractivity contribution is 6.30. The van der Waals surface area contributed by atoms with E-state index in [4.69, 9.17) is 16.3 Å². The topological polar surface area (TPSA) is 69.0 Å². The van der Waals surface area contributed by atoms with E-state index in [0.29, 0.717) is 17.5 Å². The third-order valence-electron chi connectivity index (χ3n) is 3.54. The van der Waals surface area contributed by atoms with Gasteiger partial charge in [-0.1, -0.05) is 23.7 Å². The number of nitrogens with one attached hydrogen (secondary N) is 1. The molecule has 1 atom stereocenters. The summed E-state index contributed by atoms with van der Waals surface area (Å²) in [6, 6.07) is 7.55. The van der Waals surface area contributed by atoms with Gasteiger partial charge in [-0.2, -0.15) is 0 Å². The van der Waals surface area contributed by atoms with Crippen molar-refractivity contribution < 1.29 is 9.53 Å². The zero-order valence-electron chi connectivity index (χ0n) is 12.5. The molecule has 7 heteroatoms. The highest BCUT2D eigenvalue weighted by atomic mass is 35.5. The molecule has 2 heterocycles. The molecule has 120 valence electrons. The highest BCUT2D eigenvalue weighted by Gasteiger charge is 2.15. The zero-order valence-corrected chi connectivity index (χ0v) is 13.2. The first-order valence-corrected chi connectivity index (χ1v) is 7.84. The van der Waals surface area contributed by atoms with Crippen molar-refractivity contribution in [2.75, 3.05) is 13.2 Å². The molecule has 0 bridgehead atoms. The summed E-state index contributed by atoms with van der Waals surface area (Å²) in [6.07, 6.45) is 6.56. The van der Waals surface area contributed by atoms with Gasteiger partial charge in [0, 0.05) is 28.9 Å². The van der Waals surface area contributed by atoms with Gasteiger partial charge in [0.15, 0.2) is 5.82 Å². The van der Waals surface area contributed by atoms with Crippen LogP contribution in [-0.2, 0) is 9.53 Å². The van der Waals surface area contributed by atoms with Crippen molar-refractivity contribution in [1.29, 1.82) is 0 Å². The van der Waals surface area contributed by atoms with Crippen molar-refractivity contribution in [3.05, 3.63) is 41.7 Å². The first-order valence-electron chi connectivity index (χ1n) is 7.46. The molecule has 6 nitrogen and oxygen atoms in total. The van der Waals surface area contributed by atoms with Crippen molar-refractivity contribution in [1.82, 2.24) is 20.1 Å². The predicted molar refractivity (Wildman–Crippen MR) is 87.8 cm³/mol. The third kappa shape index (κ3) is 4.40. The minimum absolute atomic E-state index is 0.271. The Morgan fingerprint density at radius 2 is 2.43 bits per heavy atom. The Morgan fingerprint density at radius 1 is 1.52 bits per heavy atom. The van der Waals surface area contributed by atoms with Crippen LogP contribution in [-0.4, -0.2) is 39.9 Å². The molecule has 3 rings (SSSR count). The van der Waals surface area contributed by atoms with E-state index in [2.05, 4.69) is 15.4 Å². The van der Waals surface area contributed by atoms with Crippen LogP contribution < -0.4 is 5.32 Å². The molecular formula is C16H17ClN4O2. The normalized spacial score (nSPS) is 17.7. The predicted octanol–water partition coefficient (Wildman–Crippen LogP) is 2.36. The van der Waals surface area contributed by atoms with E-state index in [9.17, 15) is 4.79 Å². The molecule has 1 aliphatic heterocycles. The Kier molecular flexibility index (Phi) is 5.05. The first kappa shape index (κ1) is 15.7. The van der Waals surface area contributed by atoms with Crippen LogP contribution in [0.4, 0.5) is 0 Å². The molecular weight excluding hydrogens is 316 g/mol. The minimum Gasteiger partial charge on any atom is -0.461 e. The van der Waals surface area contributed by atoms with Crippen molar-refractivity contribution in [2.24, 2.45) is 0 Å². The Labute approximate surface area is 139 Å². The van der Waals surface area contributed by atoms with Crippen LogP contribution in [0, 0.1) is 0 Å². The van der Waals surface area contributed by atoms with Crippen molar-refractivity contribution in [2.45, 2.75) is 18.9 Å². The Balaban J connectivity index is 1.56. The first-order chi connectivity index (χ1) is 11.2. The van der Waals surface area contributed by atoms with Gasteiger partial charge in [-0.3, -0.25) is 0 Å². The Hall–Kier alpha value is -2.18. The number of ether oxygens (including phenoxy) is 1. The van der Waals surface area contributed by atoms with Crippen LogP contribution in [0.5, 0.6) is 0 Å². The van der Waals surface area contributed by atoms with E-state index in [-0.39, 0.29) is 6.04 Å². The molecule has 1 aromatic heterocycles. The van der Waals surface area contributed by atoms with E-state index >= 15 is 0 Å². The van der Waals surface area contributed by atoms with Gasteiger partial charge in [-0.25, -0.2) is 14.5 Å². The van der Waals surface area contributed by atoms with Crippen LogP contribution in [0.1, 0.15) is 12.8 Å².